The van der Waals surface area contributed by atoms with E-state index >= 15 is 0 Å². The Morgan fingerprint density at radius 1 is 1.06 bits per heavy atom. The average molecular weight is 256 g/mol. The minimum absolute atomic E-state index is 0.448. The van der Waals surface area contributed by atoms with Crippen molar-refractivity contribution in [3.8, 4) is 5.75 Å². The second-order valence-electron chi connectivity index (χ2n) is 3.62. The van der Waals surface area contributed by atoms with Gasteiger partial charge in [-0.25, -0.2) is 0 Å². The summed E-state index contributed by atoms with van der Waals surface area (Å²) in [6.45, 7) is 6.44. The number of thioether (sulfide) groups is 2. The summed E-state index contributed by atoms with van der Waals surface area (Å²) in [5.74, 6) is 4.64. The molecule has 0 aliphatic heterocycles. The molecule has 0 aliphatic carbocycles. The minimum Gasteiger partial charge on any atom is -0.508 e. The van der Waals surface area contributed by atoms with Crippen LogP contribution in [0.2, 0.25) is 0 Å². The first-order valence-electron chi connectivity index (χ1n) is 5.66. The van der Waals surface area contributed by atoms with Gasteiger partial charge in [0.2, 0.25) is 0 Å². The van der Waals surface area contributed by atoms with E-state index in [1.165, 1.54) is 11.1 Å². The number of phenolic OH excluding ortho intramolecular Hbond substituents is 1. The standard InChI is InChI=1S/C13H20OS2/c1-4-15-8-11-6-7-13(14)12(10(11)3)9-16-5-2/h6-7,14H,4-5,8-9H2,1-3H3. The predicted octanol–water partition coefficient (Wildman–Crippen LogP) is 4.21. The Balaban J connectivity index is 2.87. The summed E-state index contributed by atoms with van der Waals surface area (Å²) in [6.07, 6.45) is 0. The lowest BCUT2D eigenvalue weighted by Crippen LogP contribution is -1.94. The maximum atomic E-state index is 9.85. The number of rotatable bonds is 6. The molecule has 0 saturated carbocycles. The molecule has 0 heterocycles. The monoisotopic (exact) mass is 256 g/mol. The molecule has 0 atom stereocenters. The lowest BCUT2D eigenvalue weighted by molar-refractivity contribution is 0.470. The third-order valence-corrected chi connectivity index (χ3v) is 4.42. The van der Waals surface area contributed by atoms with Crippen LogP contribution in [0.3, 0.4) is 0 Å². The van der Waals surface area contributed by atoms with Crippen LogP contribution in [0.4, 0.5) is 0 Å². The Morgan fingerprint density at radius 3 is 2.31 bits per heavy atom. The van der Waals surface area contributed by atoms with Crippen LogP contribution in [-0.2, 0) is 11.5 Å². The van der Waals surface area contributed by atoms with Gasteiger partial charge in [-0.15, -0.1) is 0 Å². The van der Waals surface area contributed by atoms with Crippen LogP contribution >= 0.6 is 23.5 Å². The van der Waals surface area contributed by atoms with Gasteiger partial charge in [0.25, 0.3) is 0 Å². The highest BCUT2D eigenvalue weighted by atomic mass is 32.2. The average Bonchev–Trinajstić information content (AvgIpc) is 2.28. The molecule has 90 valence electrons. The Kier molecular flexibility index (Phi) is 6.14. The van der Waals surface area contributed by atoms with Gasteiger partial charge in [-0.3, -0.25) is 0 Å². The van der Waals surface area contributed by atoms with Gasteiger partial charge in [0.1, 0.15) is 5.75 Å². The molecular formula is C13H20OS2. The molecule has 0 unspecified atom stereocenters. The van der Waals surface area contributed by atoms with Crippen LogP contribution in [0, 0.1) is 6.92 Å². The zero-order valence-corrected chi connectivity index (χ0v) is 11.9. The highest BCUT2D eigenvalue weighted by molar-refractivity contribution is 7.98. The van der Waals surface area contributed by atoms with E-state index in [0.717, 1.165) is 28.6 Å². The van der Waals surface area contributed by atoms with Gasteiger partial charge in [-0.1, -0.05) is 19.9 Å². The smallest absolute Gasteiger partial charge is 0.119 e. The normalized spacial score (nSPS) is 10.7. The number of hydrogen-bond acceptors (Lipinski definition) is 3. The van der Waals surface area contributed by atoms with Crippen LogP contribution in [-0.4, -0.2) is 16.6 Å². The van der Waals surface area contributed by atoms with Gasteiger partial charge in [0, 0.05) is 17.1 Å². The van der Waals surface area contributed by atoms with E-state index in [-0.39, 0.29) is 0 Å². The number of phenols is 1. The summed E-state index contributed by atoms with van der Waals surface area (Å²) in [7, 11) is 0. The van der Waals surface area contributed by atoms with Crippen molar-refractivity contribution in [3.63, 3.8) is 0 Å². The molecule has 1 aromatic carbocycles. The maximum Gasteiger partial charge on any atom is 0.119 e. The Morgan fingerprint density at radius 2 is 1.69 bits per heavy atom. The molecule has 1 aromatic rings. The number of benzene rings is 1. The highest BCUT2D eigenvalue weighted by Gasteiger charge is 2.08. The van der Waals surface area contributed by atoms with Crippen molar-refractivity contribution in [3.05, 3.63) is 28.8 Å². The van der Waals surface area contributed by atoms with E-state index in [4.69, 9.17) is 0 Å². The largest absolute Gasteiger partial charge is 0.508 e. The molecule has 1 N–H and O–H groups in total. The summed E-state index contributed by atoms with van der Waals surface area (Å²) in [5, 5.41) is 9.85. The third-order valence-electron chi connectivity index (χ3n) is 2.60. The first-order valence-corrected chi connectivity index (χ1v) is 7.97. The van der Waals surface area contributed by atoms with Gasteiger partial charge in [0.15, 0.2) is 0 Å². The zero-order valence-electron chi connectivity index (χ0n) is 10.2. The first kappa shape index (κ1) is 13.8. The Hall–Kier alpha value is -0.280. The van der Waals surface area contributed by atoms with Gasteiger partial charge in [-0.05, 0) is 35.6 Å². The molecule has 3 heteroatoms. The molecule has 0 amide bonds. The molecule has 0 aliphatic rings. The fourth-order valence-corrected chi connectivity index (χ4v) is 3.06. The molecule has 1 rings (SSSR count). The summed E-state index contributed by atoms with van der Waals surface area (Å²) >= 11 is 3.78. The summed E-state index contributed by atoms with van der Waals surface area (Å²) in [6, 6.07) is 3.89. The van der Waals surface area contributed by atoms with Gasteiger partial charge < -0.3 is 5.11 Å². The van der Waals surface area contributed by atoms with Gasteiger partial charge in [0.05, 0.1) is 0 Å². The quantitative estimate of drug-likeness (QED) is 0.823. The van der Waals surface area contributed by atoms with Crippen molar-refractivity contribution in [1.82, 2.24) is 0 Å². The molecule has 16 heavy (non-hydrogen) atoms. The van der Waals surface area contributed by atoms with Crippen LogP contribution in [0.5, 0.6) is 5.75 Å². The Labute approximate surface area is 107 Å². The Bertz CT molecular complexity index is 337. The van der Waals surface area contributed by atoms with Crippen LogP contribution in [0.25, 0.3) is 0 Å². The van der Waals surface area contributed by atoms with E-state index in [1.54, 1.807) is 0 Å². The van der Waals surface area contributed by atoms with Gasteiger partial charge in [-0.2, -0.15) is 23.5 Å². The molecule has 0 fully saturated rings. The van der Waals surface area contributed by atoms with Gasteiger partial charge >= 0.3 is 0 Å². The summed E-state index contributed by atoms with van der Waals surface area (Å²) < 4.78 is 0. The van der Waals surface area contributed by atoms with Crippen LogP contribution in [0.15, 0.2) is 12.1 Å². The van der Waals surface area contributed by atoms with E-state index in [0.29, 0.717) is 5.75 Å². The van der Waals surface area contributed by atoms with Crippen LogP contribution < -0.4 is 0 Å². The van der Waals surface area contributed by atoms with Crippen molar-refractivity contribution in [2.45, 2.75) is 32.3 Å². The maximum absolute atomic E-state index is 9.85. The second-order valence-corrected chi connectivity index (χ2v) is 6.17. The molecule has 0 saturated heterocycles. The molecule has 0 spiro atoms. The zero-order chi connectivity index (χ0) is 12.0. The van der Waals surface area contributed by atoms with Crippen molar-refractivity contribution in [1.29, 1.82) is 0 Å². The fraction of sp³-hybridized carbons (Fsp3) is 0.538. The van der Waals surface area contributed by atoms with Crippen molar-refractivity contribution >= 4 is 23.5 Å². The summed E-state index contributed by atoms with van der Waals surface area (Å²) in [5.41, 5.74) is 3.74. The number of hydrogen-bond donors (Lipinski definition) is 1. The van der Waals surface area contributed by atoms with E-state index in [9.17, 15) is 5.11 Å². The fourth-order valence-electron chi connectivity index (χ4n) is 1.55. The van der Waals surface area contributed by atoms with E-state index in [2.05, 4.69) is 20.8 Å². The lowest BCUT2D eigenvalue weighted by Gasteiger charge is -2.12. The lowest BCUT2D eigenvalue weighted by atomic mass is 10.0. The SMILES string of the molecule is CCSCc1ccc(O)c(CSCC)c1C. The minimum atomic E-state index is 0.448. The van der Waals surface area contributed by atoms with Crippen molar-refractivity contribution in [2.75, 3.05) is 11.5 Å². The van der Waals surface area contributed by atoms with Crippen LogP contribution in [0.1, 0.15) is 30.5 Å². The summed E-state index contributed by atoms with van der Waals surface area (Å²) in [4.78, 5) is 0. The molecule has 1 nitrogen and oxygen atoms in total. The van der Waals surface area contributed by atoms with Crippen molar-refractivity contribution < 1.29 is 5.11 Å². The first-order chi connectivity index (χ1) is 7.70. The van der Waals surface area contributed by atoms with E-state index < -0.39 is 0 Å². The second kappa shape index (κ2) is 7.13. The topological polar surface area (TPSA) is 20.2 Å². The predicted molar refractivity (Wildman–Crippen MR) is 76.5 cm³/mol. The molecule has 0 aromatic heterocycles. The molecule has 0 bridgehead atoms. The van der Waals surface area contributed by atoms with Crippen molar-refractivity contribution in [2.24, 2.45) is 0 Å². The molecule has 0 radical (unpaired) electrons. The highest BCUT2D eigenvalue weighted by Crippen LogP contribution is 2.29. The van der Waals surface area contributed by atoms with E-state index in [1.807, 2.05) is 35.7 Å². The third kappa shape index (κ3) is 3.63. The molecular weight excluding hydrogens is 236 g/mol. The number of aromatic hydroxyl groups is 1.